The van der Waals surface area contributed by atoms with E-state index < -0.39 is 5.97 Å². The Kier molecular flexibility index (Phi) is 4.52. The second kappa shape index (κ2) is 7.12. The normalized spacial score (nSPS) is 15.0. The Morgan fingerprint density at radius 1 is 0.962 bits per heavy atom. The standard InChI is InChI=1S/C21H21N3O2/c25-21(26)16-8-9-18-19(13-16)22-14-20(23-18)15-6-5-7-17(12-15)24-10-3-1-2-4-11-24/h5-9,12-14H,1-4,10-11H2,(H,25,26). The van der Waals surface area contributed by atoms with Crippen molar-refractivity contribution in [3.63, 3.8) is 0 Å². The third-order valence-corrected chi connectivity index (χ3v) is 4.90. The first kappa shape index (κ1) is 16.5. The summed E-state index contributed by atoms with van der Waals surface area (Å²) in [5.41, 5.74) is 4.58. The lowest BCUT2D eigenvalue weighted by Crippen LogP contribution is -2.23. The fourth-order valence-corrected chi connectivity index (χ4v) is 3.47. The van der Waals surface area contributed by atoms with E-state index in [0.717, 1.165) is 24.3 Å². The highest BCUT2D eigenvalue weighted by Gasteiger charge is 2.12. The van der Waals surface area contributed by atoms with Gasteiger partial charge in [-0.25, -0.2) is 9.78 Å². The fraction of sp³-hybridized carbons (Fsp3) is 0.286. The van der Waals surface area contributed by atoms with Crippen LogP contribution in [0.2, 0.25) is 0 Å². The van der Waals surface area contributed by atoms with Gasteiger partial charge in [0.15, 0.2) is 0 Å². The van der Waals surface area contributed by atoms with Crippen LogP contribution in [0.5, 0.6) is 0 Å². The third kappa shape index (κ3) is 3.38. The topological polar surface area (TPSA) is 66.3 Å². The highest BCUT2D eigenvalue weighted by Crippen LogP contribution is 2.26. The summed E-state index contributed by atoms with van der Waals surface area (Å²) in [6.07, 6.45) is 6.82. The van der Waals surface area contributed by atoms with Crippen molar-refractivity contribution in [3.05, 3.63) is 54.2 Å². The van der Waals surface area contributed by atoms with E-state index >= 15 is 0 Å². The van der Waals surface area contributed by atoms with E-state index in [9.17, 15) is 4.79 Å². The number of carbonyl (C=O) groups is 1. The summed E-state index contributed by atoms with van der Waals surface area (Å²) in [6.45, 7) is 2.20. The van der Waals surface area contributed by atoms with Gasteiger partial charge in [0, 0.05) is 24.3 Å². The summed E-state index contributed by atoms with van der Waals surface area (Å²) in [6, 6.07) is 13.3. The number of fused-ring (bicyclic) bond motifs is 1. The summed E-state index contributed by atoms with van der Waals surface area (Å²) >= 11 is 0. The summed E-state index contributed by atoms with van der Waals surface area (Å²) in [5, 5.41) is 9.10. The Morgan fingerprint density at radius 2 is 1.77 bits per heavy atom. The van der Waals surface area contributed by atoms with Crippen LogP contribution in [0, 0.1) is 0 Å². The fourth-order valence-electron chi connectivity index (χ4n) is 3.47. The summed E-state index contributed by atoms with van der Waals surface area (Å²) in [7, 11) is 0. The quantitative estimate of drug-likeness (QED) is 0.762. The van der Waals surface area contributed by atoms with Gasteiger partial charge >= 0.3 is 5.97 Å². The van der Waals surface area contributed by atoms with E-state index in [0.29, 0.717) is 11.0 Å². The molecule has 0 aliphatic carbocycles. The van der Waals surface area contributed by atoms with Crippen LogP contribution < -0.4 is 4.90 Å². The minimum absolute atomic E-state index is 0.225. The first-order valence-corrected chi connectivity index (χ1v) is 9.06. The molecule has 4 rings (SSSR count). The molecule has 1 fully saturated rings. The summed E-state index contributed by atoms with van der Waals surface area (Å²) < 4.78 is 0. The van der Waals surface area contributed by atoms with Crippen LogP contribution in [-0.2, 0) is 0 Å². The smallest absolute Gasteiger partial charge is 0.335 e. The second-order valence-corrected chi connectivity index (χ2v) is 6.72. The molecule has 0 bridgehead atoms. The van der Waals surface area contributed by atoms with Crippen molar-refractivity contribution in [2.45, 2.75) is 25.7 Å². The maximum atomic E-state index is 11.1. The first-order chi connectivity index (χ1) is 12.7. The Labute approximate surface area is 152 Å². The van der Waals surface area contributed by atoms with E-state index in [-0.39, 0.29) is 5.56 Å². The van der Waals surface area contributed by atoms with Crippen LogP contribution in [0.3, 0.4) is 0 Å². The molecular weight excluding hydrogens is 326 g/mol. The number of hydrogen-bond acceptors (Lipinski definition) is 4. The van der Waals surface area contributed by atoms with Crippen molar-refractivity contribution < 1.29 is 9.90 Å². The van der Waals surface area contributed by atoms with E-state index in [1.807, 2.05) is 6.07 Å². The molecule has 0 radical (unpaired) electrons. The van der Waals surface area contributed by atoms with E-state index in [1.165, 1.54) is 31.4 Å². The molecule has 5 heteroatoms. The van der Waals surface area contributed by atoms with Crippen molar-refractivity contribution in [2.24, 2.45) is 0 Å². The number of hydrogen-bond donors (Lipinski definition) is 1. The molecule has 1 saturated heterocycles. The maximum absolute atomic E-state index is 11.1. The highest BCUT2D eigenvalue weighted by molar-refractivity contribution is 5.92. The predicted octanol–water partition coefficient (Wildman–Crippen LogP) is 4.38. The lowest BCUT2D eigenvalue weighted by molar-refractivity contribution is 0.0697. The highest BCUT2D eigenvalue weighted by atomic mass is 16.4. The van der Waals surface area contributed by atoms with Crippen molar-refractivity contribution >= 4 is 22.7 Å². The van der Waals surface area contributed by atoms with Crippen LogP contribution in [0.1, 0.15) is 36.0 Å². The van der Waals surface area contributed by atoms with Crippen molar-refractivity contribution in [2.75, 3.05) is 18.0 Å². The molecule has 0 saturated carbocycles. The number of rotatable bonds is 3. The van der Waals surface area contributed by atoms with E-state index in [1.54, 1.807) is 24.4 Å². The van der Waals surface area contributed by atoms with Crippen LogP contribution in [-0.4, -0.2) is 34.1 Å². The van der Waals surface area contributed by atoms with Gasteiger partial charge in [-0.1, -0.05) is 25.0 Å². The van der Waals surface area contributed by atoms with Crippen LogP contribution in [0.15, 0.2) is 48.7 Å². The Bertz CT molecular complexity index is 947. The molecule has 1 N–H and O–H groups in total. The van der Waals surface area contributed by atoms with Gasteiger partial charge in [-0.15, -0.1) is 0 Å². The number of benzene rings is 2. The number of carboxylic acid groups (broad SMARTS) is 1. The monoisotopic (exact) mass is 347 g/mol. The van der Waals surface area contributed by atoms with Gasteiger partial charge in [-0.05, 0) is 43.2 Å². The van der Waals surface area contributed by atoms with Gasteiger partial charge in [0.05, 0.1) is 28.5 Å². The molecular formula is C21H21N3O2. The first-order valence-electron chi connectivity index (χ1n) is 9.06. The minimum Gasteiger partial charge on any atom is -0.478 e. The van der Waals surface area contributed by atoms with Crippen LogP contribution >= 0.6 is 0 Å². The lowest BCUT2D eigenvalue weighted by atomic mass is 10.1. The molecule has 132 valence electrons. The number of carboxylic acids is 1. The maximum Gasteiger partial charge on any atom is 0.335 e. The zero-order valence-corrected chi connectivity index (χ0v) is 14.6. The number of aromatic carboxylic acids is 1. The van der Waals surface area contributed by atoms with Gasteiger partial charge in [0.25, 0.3) is 0 Å². The Balaban J connectivity index is 1.67. The zero-order valence-electron chi connectivity index (χ0n) is 14.6. The number of aromatic nitrogens is 2. The molecule has 2 heterocycles. The molecule has 26 heavy (non-hydrogen) atoms. The van der Waals surface area contributed by atoms with Gasteiger partial charge in [-0.3, -0.25) is 4.98 Å². The average molecular weight is 347 g/mol. The summed E-state index contributed by atoms with van der Waals surface area (Å²) in [4.78, 5) is 22.6. The molecule has 1 aliphatic heterocycles. The zero-order chi connectivity index (χ0) is 17.9. The minimum atomic E-state index is -0.956. The predicted molar refractivity (Wildman–Crippen MR) is 103 cm³/mol. The Hall–Kier alpha value is -2.95. The van der Waals surface area contributed by atoms with Crippen molar-refractivity contribution in [1.29, 1.82) is 0 Å². The van der Waals surface area contributed by atoms with Gasteiger partial charge in [0.1, 0.15) is 0 Å². The molecule has 5 nitrogen and oxygen atoms in total. The molecule has 0 spiro atoms. The molecule has 1 aliphatic rings. The average Bonchev–Trinajstić information content (AvgIpc) is 2.97. The van der Waals surface area contributed by atoms with Gasteiger partial charge in [0.2, 0.25) is 0 Å². The lowest BCUT2D eigenvalue weighted by Gasteiger charge is -2.23. The van der Waals surface area contributed by atoms with Gasteiger partial charge < -0.3 is 10.0 Å². The van der Waals surface area contributed by atoms with Gasteiger partial charge in [-0.2, -0.15) is 0 Å². The number of anilines is 1. The second-order valence-electron chi connectivity index (χ2n) is 6.72. The van der Waals surface area contributed by atoms with Crippen molar-refractivity contribution in [3.8, 4) is 11.3 Å². The SMILES string of the molecule is O=C(O)c1ccc2nc(-c3cccc(N4CCCCCC4)c3)cnc2c1. The van der Waals surface area contributed by atoms with Crippen molar-refractivity contribution in [1.82, 2.24) is 9.97 Å². The molecule has 1 aromatic heterocycles. The number of nitrogens with zero attached hydrogens (tertiary/aromatic N) is 3. The molecule has 0 amide bonds. The summed E-state index contributed by atoms with van der Waals surface area (Å²) in [5.74, 6) is -0.956. The molecule has 0 atom stereocenters. The third-order valence-electron chi connectivity index (χ3n) is 4.90. The van der Waals surface area contributed by atoms with E-state index in [2.05, 4.69) is 33.1 Å². The Morgan fingerprint density at radius 3 is 2.54 bits per heavy atom. The van der Waals surface area contributed by atoms with Crippen LogP contribution in [0.4, 0.5) is 5.69 Å². The molecule has 3 aromatic rings. The van der Waals surface area contributed by atoms with Crippen LogP contribution in [0.25, 0.3) is 22.3 Å². The largest absolute Gasteiger partial charge is 0.478 e. The van der Waals surface area contributed by atoms with E-state index in [4.69, 9.17) is 5.11 Å². The molecule has 2 aromatic carbocycles. The molecule has 0 unspecified atom stereocenters.